The van der Waals surface area contributed by atoms with E-state index >= 15 is 0 Å². The highest BCUT2D eigenvalue weighted by Gasteiger charge is 2.04. The van der Waals surface area contributed by atoms with Gasteiger partial charge in [0.15, 0.2) is 0 Å². The molecule has 0 aliphatic rings. The highest BCUT2D eigenvalue weighted by Crippen LogP contribution is 2.18. The number of hydrogen-bond acceptors (Lipinski definition) is 4. The first-order chi connectivity index (χ1) is 8.65. The maximum absolute atomic E-state index is 10.6. The number of anilines is 2. The third-order valence-corrected chi connectivity index (χ3v) is 2.47. The molecule has 0 saturated heterocycles. The molecule has 2 aromatic rings. The lowest BCUT2D eigenvalue weighted by molar-refractivity contribution is -0.384. The average Bonchev–Trinajstić information content (AvgIpc) is 2.37. The van der Waals surface area contributed by atoms with E-state index < -0.39 is 4.92 Å². The van der Waals surface area contributed by atoms with Crippen LogP contribution >= 0.6 is 11.6 Å². The van der Waals surface area contributed by atoms with Gasteiger partial charge >= 0.3 is 0 Å². The van der Waals surface area contributed by atoms with Crippen LogP contribution in [0.2, 0.25) is 5.02 Å². The Labute approximate surface area is 109 Å². The van der Waals surface area contributed by atoms with Crippen LogP contribution in [0.25, 0.3) is 0 Å². The number of hydrogen-bond donors (Lipinski definition) is 2. The van der Waals surface area contributed by atoms with E-state index in [1.54, 1.807) is 30.3 Å². The third-order valence-electron chi connectivity index (χ3n) is 2.23. The fourth-order valence-electron chi connectivity index (χ4n) is 1.41. The Morgan fingerprint density at radius 1 is 1.00 bits per heavy atom. The van der Waals surface area contributed by atoms with Crippen LogP contribution in [0.3, 0.4) is 0 Å². The van der Waals surface area contributed by atoms with E-state index in [0.717, 1.165) is 5.69 Å². The van der Waals surface area contributed by atoms with E-state index in [4.69, 9.17) is 11.6 Å². The third kappa shape index (κ3) is 3.11. The monoisotopic (exact) mass is 263 g/mol. The molecule has 0 aliphatic carbocycles. The van der Waals surface area contributed by atoms with Crippen molar-refractivity contribution in [2.45, 2.75) is 0 Å². The molecule has 0 bridgehead atoms. The van der Waals surface area contributed by atoms with E-state index in [9.17, 15) is 10.1 Å². The SMILES string of the molecule is O=[N+]([O-])c1cccc(NNc2cccc(Cl)c2)c1. The van der Waals surface area contributed by atoms with Crippen molar-refractivity contribution >= 4 is 28.7 Å². The van der Waals surface area contributed by atoms with E-state index in [1.807, 2.05) is 6.07 Å². The van der Waals surface area contributed by atoms with Gasteiger partial charge in [-0.1, -0.05) is 23.7 Å². The molecule has 0 spiro atoms. The minimum atomic E-state index is -0.440. The van der Waals surface area contributed by atoms with E-state index in [0.29, 0.717) is 10.7 Å². The summed E-state index contributed by atoms with van der Waals surface area (Å²) >= 11 is 5.84. The van der Waals surface area contributed by atoms with Crippen LogP contribution in [0.1, 0.15) is 0 Å². The maximum atomic E-state index is 10.6. The van der Waals surface area contributed by atoms with Gasteiger partial charge in [0.2, 0.25) is 0 Å². The lowest BCUT2D eigenvalue weighted by atomic mass is 10.3. The van der Waals surface area contributed by atoms with Crippen molar-refractivity contribution in [3.63, 3.8) is 0 Å². The summed E-state index contributed by atoms with van der Waals surface area (Å²) in [5.41, 5.74) is 7.19. The molecule has 92 valence electrons. The molecular formula is C12H10ClN3O2. The molecule has 0 fully saturated rings. The van der Waals surface area contributed by atoms with Gasteiger partial charge in [0.25, 0.3) is 5.69 Å². The highest BCUT2D eigenvalue weighted by molar-refractivity contribution is 6.30. The number of non-ortho nitro benzene ring substituents is 1. The van der Waals surface area contributed by atoms with Crippen LogP contribution in [0, 0.1) is 10.1 Å². The van der Waals surface area contributed by atoms with Gasteiger partial charge in [0, 0.05) is 17.2 Å². The highest BCUT2D eigenvalue weighted by atomic mass is 35.5. The van der Waals surface area contributed by atoms with Gasteiger partial charge < -0.3 is 10.9 Å². The summed E-state index contributed by atoms with van der Waals surface area (Å²) in [6, 6.07) is 13.4. The number of benzene rings is 2. The Balaban J connectivity index is 2.06. The summed E-state index contributed by atoms with van der Waals surface area (Å²) in [6.07, 6.45) is 0. The van der Waals surface area contributed by atoms with E-state index in [-0.39, 0.29) is 5.69 Å². The van der Waals surface area contributed by atoms with Crippen LogP contribution in [0.4, 0.5) is 17.1 Å². The molecule has 0 atom stereocenters. The van der Waals surface area contributed by atoms with E-state index in [2.05, 4.69) is 10.9 Å². The predicted octanol–water partition coefficient (Wildman–Crippen LogP) is 3.69. The molecule has 0 radical (unpaired) electrons. The largest absolute Gasteiger partial charge is 0.301 e. The van der Waals surface area contributed by atoms with Crippen LogP contribution in [0.15, 0.2) is 48.5 Å². The minimum absolute atomic E-state index is 0.0351. The Bertz CT molecular complexity index is 575. The van der Waals surface area contributed by atoms with Crippen molar-refractivity contribution in [2.75, 3.05) is 10.9 Å². The zero-order valence-corrected chi connectivity index (χ0v) is 10.0. The molecular weight excluding hydrogens is 254 g/mol. The van der Waals surface area contributed by atoms with Crippen molar-refractivity contribution in [1.82, 2.24) is 0 Å². The van der Waals surface area contributed by atoms with Gasteiger partial charge in [-0.15, -0.1) is 0 Å². The molecule has 18 heavy (non-hydrogen) atoms. The summed E-state index contributed by atoms with van der Waals surface area (Å²) in [5, 5.41) is 11.2. The van der Waals surface area contributed by atoms with Gasteiger partial charge in [-0.05, 0) is 24.3 Å². The second-order valence-electron chi connectivity index (χ2n) is 3.57. The quantitative estimate of drug-likeness (QED) is 0.652. The van der Waals surface area contributed by atoms with Gasteiger partial charge in [-0.25, -0.2) is 0 Å². The van der Waals surface area contributed by atoms with Gasteiger partial charge in [-0.2, -0.15) is 0 Å². The number of hydrazine groups is 1. The zero-order chi connectivity index (χ0) is 13.0. The fraction of sp³-hybridized carbons (Fsp3) is 0. The molecule has 6 heteroatoms. The van der Waals surface area contributed by atoms with Crippen LogP contribution in [-0.2, 0) is 0 Å². The topological polar surface area (TPSA) is 67.2 Å². The smallest absolute Gasteiger partial charge is 0.271 e. The molecule has 0 aromatic heterocycles. The predicted molar refractivity (Wildman–Crippen MR) is 71.8 cm³/mol. The molecule has 5 nitrogen and oxygen atoms in total. The number of rotatable bonds is 4. The average molecular weight is 264 g/mol. The minimum Gasteiger partial charge on any atom is -0.301 e. The number of nitro benzene ring substituents is 1. The van der Waals surface area contributed by atoms with Crippen molar-refractivity contribution in [1.29, 1.82) is 0 Å². The van der Waals surface area contributed by atoms with Crippen LogP contribution in [-0.4, -0.2) is 4.92 Å². The molecule has 2 rings (SSSR count). The fourth-order valence-corrected chi connectivity index (χ4v) is 1.60. The summed E-state index contributed by atoms with van der Waals surface area (Å²) in [6.45, 7) is 0. The zero-order valence-electron chi connectivity index (χ0n) is 9.26. The Morgan fingerprint density at radius 2 is 1.61 bits per heavy atom. The van der Waals surface area contributed by atoms with Crippen molar-refractivity contribution in [2.24, 2.45) is 0 Å². The standard InChI is InChI=1S/C12H10ClN3O2/c13-9-3-1-4-10(7-9)14-15-11-5-2-6-12(8-11)16(17)18/h1-8,14-15H. The number of nitrogens with zero attached hydrogens (tertiary/aromatic N) is 1. The number of halogens is 1. The second-order valence-corrected chi connectivity index (χ2v) is 4.00. The van der Waals surface area contributed by atoms with Crippen LogP contribution < -0.4 is 10.9 Å². The van der Waals surface area contributed by atoms with Crippen molar-refractivity contribution in [3.05, 3.63) is 63.7 Å². The maximum Gasteiger partial charge on any atom is 0.271 e. The molecule has 0 aliphatic heterocycles. The summed E-state index contributed by atoms with van der Waals surface area (Å²) < 4.78 is 0. The van der Waals surface area contributed by atoms with E-state index in [1.165, 1.54) is 12.1 Å². The normalized spacial score (nSPS) is 9.83. The lowest BCUT2D eigenvalue weighted by Gasteiger charge is -2.09. The summed E-state index contributed by atoms with van der Waals surface area (Å²) in [7, 11) is 0. The number of nitrogens with one attached hydrogen (secondary N) is 2. The Kier molecular flexibility index (Phi) is 3.64. The van der Waals surface area contributed by atoms with Crippen LogP contribution in [0.5, 0.6) is 0 Å². The first-order valence-corrected chi connectivity index (χ1v) is 5.55. The second kappa shape index (κ2) is 5.37. The Morgan fingerprint density at radius 3 is 2.22 bits per heavy atom. The van der Waals surface area contributed by atoms with Crippen molar-refractivity contribution < 1.29 is 4.92 Å². The summed E-state index contributed by atoms with van der Waals surface area (Å²) in [5.74, 6) is 0. The first-order valence-electron chi connectivity index (χ1n) is 5.17. The van der Waals surface area contributed by atoms with Crippen molar-refractivity contribution in [3.8, 4) is 0 Å². The molecule has 0 heterocycles. The van der Waals surface area contributed by atoms with Gasteiger partial charge in [-0.3, -0.25) is 10.1 Å². The molecule has 2 aromatic carbocycles. The summed E-state index contributed by atoms with van der Waals surface area (Å²) in [4.78, 5) is 10.2. The molecule has 2 N–H and O–H groups in total. The molecule has 0 unspecified atom stereocenters. The van der Waals surface area contributed by atoms with Gasteiger partial charge in [0.05, 0.1) is 16.3 Å². The lowest BCUT2D eigenvalue weighted by Crippen LogP contribution is -2.08. The Hall–Kier alpha value is -2.27. The molecule has 0 amide bonds. The molecule has 0 saturated carbocycles. The first kappa shape index (κ1) is 12.2. The number of nitro groups is 1. The van der Waals surface area contributed by atoms with Gasteiger partial charge in [0.1, 0.15) is 0 Å².